The van der Waals surface area contributed by atoms with Crippen LogP contribution in [0.4, 0.5) is 0 Å². The van der Waals surface area contributed by atoms with E-state index in [1.54, 1.807) is 0 Å². The minimum Gasteiger partial charge on any atom is -0.457 e. The largest absolute Gasteiger partial charge is 0.515 e. The Balaban J connectivity index is 1.02. The summed E-state index contributed by atoms with van der Waals surface area (Å²) in [6, 6.07) is 20.9. The van der Waals surface area contributed by atoms with E-state index in [-0.39, 0.29) is 82.9 Å². The molecular formula is C68H134O25Si16. The first kappa shape index (κ1) is 89.0. The molecule has 16 bridgehead atoms. The molecule has 0 aliphatic carbocycles. The summed E-state index contributed by atoms with van der Waals surface area (Å²) in [6.07, 6.45) is 0. The van der Waals surface area contributed by atoms with E-state index in [1.807, 2.05) is 48.5 Å². The average molecular weight is 1800 g/mol. The third-order valence-corrected chi connectivity index (χ3v) is 98.4. The van der Waals surface area contributed by atoms with E-state index in [4.69, 9.17) is 104 Å². The summed E-state index contributed by atoms with van der Waals surface area (Å²) in [5, 5.41) is 1.21. The molecule has 109 heavy (non-hydrogen) atoms. The summed E-state index contributed by atoms with van der Waals surface area (Å²) in [6.45, 7) is 60.5. The van der Waals surface area contributed by atoms with Crippen molar-refractivity contribution in [1.29, 1.82) is 0 Å². The van der Waals surface area contributed by atoms with Gasteiger partial charge in [0.05, 0.1) is 0 Å². The van der Waals surface area contributed by atoms with Crippen LogP contribution in [0.2, 0.25) is 84.6 Å². The van der Waals surface area contributed by atoms with E-state index in [0.29, 0.717) is 106 Å². The van der Waals surface area contributed by atoms with Crippen LogP contribution in [0.15, 0.2) is 48.5 Å². The van der Waals surface area contributed by atoms with Gasteiger partial charge in [-0.05, 0) is 107 Å². The summed E-state index contributed by atoms with van der Waals surface area (Å²) < 4.78 is 201. The Kier molecular flexibility index (Phi) is 26.4. The van der Waals surface area contributed by atoms with Crippen molar-refractivity contribution in [3.63, 3.8) is 0 Å². The molecule has 0 N–H and O–H groups in total. The van der Waals surface area contributed by atoms with Gasteiger partial charge in [-0.15, -0.1) is 0 Å². The number of ether oxygens (including phenoxy) is 1. The van der Waals surface area contributed by atoms with Crippen LogP contribution in [0, 0.1) is 82.9 Å². The Bertz CT molecular complexity index is 2940. The number of hydrogen-bond donors (Lipinski definition) is 0. The van der Waals surface area contributed by atoms with E-state index < -0.39 is 141 Å². The predicted molar refractivity (Wildman–Crippen MR) is 445 cm³/mol. The predicted octanol–water partition coefficient (Wildman–Crippen LogP) is 16.6. The molecule has 2 aromatic carbocycles. The molecular weight excluding hydrogens is 1670 g/mol. The molecule has 25 nitrogen and oxygen atoms in total. The van der Waals surface area contributed by atoms with Crippen molar-refractivity contribution in [2.45, 2.75) is 278 Å². The maximum absolute atomic E-state index is 8.21. The van der Waals surface area contributed by atoms with E-state index >= 15 is 0 Å². The fourth-order valence-electron chi connectivity index (χ4n) is 17.2. The fraction of sp³-hybridized carbons (Fsp3) is 0.824. The highest BCUT2D eigenvalue weighted by Gasteiger charge is 2.87. The summed E-state index contributed by atoms with van der Waals surface area (Å²) in [5.41, 5.74) is 0. The molecule has 0 radical (unpaired) electrons. The van der Waals surface area contributed by atoms with Crippen LogP contribution < -0.4 is 15.1 Å². The Morgan fingerprint density at radius 3 is 0.367 bits per heavy atom. The van der Waals surface area contributed by atoms with Crippen LogP contribution in [-0.4, -0.2) is 141 Å². The molecule has 0 spiro atoms. The van der Waals surface area contributed by atoms with Crippen LogP contribution in [0.1, 0.15) is 194 Å². The van der Waals surface area contributed by atoms with Gasteiger partial charge in [-0.3, -0.25) is 0 Å². The number of rotatable bonds is 32. The Morgan fingerprint density at radius 2 is 0.266 bits per heavy atom. The van der Waals surface area contributed by atoms with E-state index in [9.17, 15) is 0 Å². The first-order chi connectivity index (χ1) is 50.5. The Labute approximate surface area is 671 Å². The zero-order valence-corrected chi connectivity index (χ0v) is 86.8. The van der Waals surface area contributed by atoms with Crippen molar-refractivity contribution in [1.82, 2.24) is 0 Å². The summed E-state index contributed by atoms with van der Waals surface area (Å²) >= 11 is 0. The van der Waals surface area contributed by atoms with Crippen molar-refractivity contribution in [2.24, 2.45) is 82.9 Å². The highest BCUT2D eigenvalue weighted by Crippen LogP contribution is 2.59. The lowest BCUT2D eigenvalue weighted by molar-refractivity contribution is -0.0364. The maximum atomic E-state index is 8.21. The second kappa shape index (κ2) is 32.3. The number of hydrogen-bond acceptors (Lipinski definition) is 25. The first-order valence-electron chi connectivity index (χ1n) is 41.2. The highest BCUT2D eigenvalue weighted by molar-refractivity contribution is 7.07. The lowest BCUT2D eigenvalue weighted by Gasteiger charge is -2.64. The van der Waals surface area contributed by atoms with Gasteiger partial charge in [0.1, 0.15) is 11.5 Å². The van der Waals surface area contributed by atoms with Crippen molar-refractivity contribution in [3.05, 3.63) is 48.5 Å². The molecule has 12 fully saturated rings. The fourth-order valence-corrected chi connectivity index (χ4v) is 119. The molecule has 12 saturated heterocycles. The zero-order valence-electron chi connectivity index (χ0n) is 70.8. The third-order valence-electron chi connectivity index (χ3n) is 19.2. The Morgan fingerprint density at radius 1 is 0.165 bits per heavy atom. The van der Waals surface area contributed by atoms with E-state index in [2.05, 4.69) is 194 Å². The van der Waals surface area contributed by atoms with Crippen LogP contribution in [0.3, 0.4) is 0 Å². The second-order valence-corrected chi connectivity index (χ2v) is 86.5. The van der Waals surface area contributed by atoms with Crippen molar-refractivity contribution in [2.75, 3.05) is 0 Å². The van der Waals surface area contributed by atoms with E-state index in [0.717, 1.165) is 0 Å². The first-order valence-corrected chi connectivity index (χ1v) is 71.7. The monoisotopic (exact) mass is 1800 g/mol. The summed E-state index contributed by atoms with van der Waals surface area (Å²) in [7, 11) is -68.0. The molecule has 41 heteroatoms. The van der Waals surface area contributed by atoms with Crippen LogP contribution in [-0.2, 0) is 98.8 Å². The number of benzene rings is 2. The van der Waals surface area contributed by atoms with Gasteiger partial charge < -0.3 is 104 Å². The second-order valence-electron chi connectivity index (χ2n) is 38.6. The van der Waals surface area contributed by atoms with Gasteiger partial charge in [-0.1, -0.05) is 218 Å². The zero-order chi connectivity index (χ0) is 79.6. The van der Waals surface area contributed by atoms with Gasteiger partial charge in [0, 0.05) is 95.0 Å². The quantitative estimate of drug-likeness (QED) is 0.0620. The van der Waals surface area contributed by atoms with Crippen LogP contribution in [0.25, 0.3) is 0 Å². The summed E-state index contributed by atoms with van der Waals surface area (Å²) in [4.78, 5) is 0. The van der Waals surface area contributed by atoms with E-state index in [1.165, 1.54) is 0 Å². The minimum absolute atomic E-state index is 0.0195. The topological polar surface area (TPSA) is 231 Å². The molecule has 0 aromatic heterocycles. The van der Waals surface area contributed by atoms with Gasteiger partial charge >= 0.3 is 141 Å². The molecule has 620 valence electrons. The third kappa shape index (κ3) is 19.7. The standard InChI is InChI=1S/C68H134O25Si16/c1-51(2)37-94-70-96(39-53(5)6)76-102(45-59(17)18)78-97(71-94,40-54(7)8)80-104(47-61(21)22)81-98(72-94,41-55(9)10)79-103(77-96,46-60(19)20)89-108(88-102,90-104)67-33-29-65(30-34-67)69-66-31-35-68(36-32-66)109-91-105(48-62(23)24)82-99(42-56(11)12)73-95(38-52(3)4)74-100(84-105,43-57(13)14)86-107(93-109,50-64(27)28)87-101(75-95,44-58(15)16)85-106(83-99,92-109)49-63(25)26/h29-36,51-64H,37-50H2,1-28H3. The Hall–Kier alpha value is 0.750. The van der Waals surface area contributed by atoms with Gasteiger partial charge in [-0.25, -0.2) is 0 Å². The average Bonchev–Trinajstić information content (AvgIpc) is 0.686. The minimum atomic E-state index is -4.61. The van der Waals surface area contributed by atoms with Gasteiger partial charge in [0.15, 0.2) is 0 Å². The molecule has 0 amide bonds. The van der Waals surface area contributed by atoms with Crippen molar-refractivity contribution in [3.8, 4) is 11.5 Å². The molecule has 2 aromatic rings. The lowest BCUT2D eigenvalue weighted by atomic mass is 10.3. The molecule has 0 saturated carbocycles. The summed E-state index contributed by atoms with van der Waals surface area (Å²) in [5.74, 6) is 1.15. The molecule has 0 atom stereocenters. The van der Waals surface area contributed by atoms with Crippen LogP contribution >= 0.6 is 0 Å². The molecule has 0 unspecified atom stereocenters. The van der Waals surface area contributed by atoms with Gasteiger partial charge in [-0.2, -0.15) is 0 Å². The van der Waals surface area contributed by atoms with Gasteiger partial charge in [0.25, 0.3) is 0 Å². The molecule has 12 heterocycles. The van der Waals surface area contributed by atoms with Crippen molar-refractivity contribution < 1.29 is 104 Å². The normalized spacial score (nSPS) is 40.6. The molecule has 12 aliphatic rings. The van der Waals surface area contributed by atoms with Gasteiger partial charge in [0.2, 0.25) is 0 Å². The maximum Gasteiger partial charge on any atom is 0.515 e. The smallest absolute Gasteiger partial charge is 0.457 e. The molecule has 12 aliphatic heterocycles. The van der Waals surface area contributed by atoms with Crippen molar-refractivity contribution >= 4 is 151 Å². The lowest BCUT2D eigenvalue weighted by Crippen LogP contribution is -2.90. The highest BCUT2D eigenvalue weighted by atomic mass is 28.6. The molecule has 14 rings (SSSR count). The van der Waals surface area contributed by atoms with Crippen LogP contribution in [0.5, 0.6) is 11.5 Å². The SMILES string of the molecule is CC(C)C[Si]12O[Si]3(CC(C)C)O[Si]4(CC(C)C)O[Si](CC(C)C)(O1)O[Si]1(CC(C)C)O[Si](CC(C)C)(O2)O[Si](CC(C)C)(O3)O[Si](c2ccc(Oc3ccc([Si]56O[Si]7(CC(C)C)O[Si]8(CC(C)C)O[Si]9(CC(C)C)O[Si](CC(C)C)(O7)O[Si](CC(C)C)(O[Si](CC(C)C)(O9)O[Si](CC(C)C)(O8)O5)O6)cc3)cc2)(O4)O1.